The van der Waals surface area contributed by atoms with Gasteiger partial charge in [0.05, 0.1) is 4.90 Å². The molecule has 0 bridgehead atoms. The van der Waals surface area contributed by atoms with Crippen molar-refractivity contribution < 1.29 is 32.3 Å². The Morgan fingerprint density at radius 1 is 1.30 bits per heavy atom. The second-order valence-electron chi connectivity index (χ2n) is 6.18. The number of hydrogen-bond acceptors (Lipinski definition) is 7. The molecule has 1 atom stereocenters. The standard InChI is InChI=1S/C17H23NO7S2/c1-2-3-10-25-14-4-6-15(7-5-14)27(23,24)16(17(19)18-20)13-8-11-26(21,22)12-9-13/h4-7,13,16,20-22H,8-12H2,1H3,(H,18,19). The van der Waals surface area contributed by atoms with Crippen molar-refractivity contribution in [3.05, 3.63) is 24.3 Å². The maximum Gasteiger partial charge on any atom is 0.262 e. The fourth-order valence-corrected chi connectivity index (χ4v) is 6.45. The van der Waals surface area contributed by atoms with E-state index < -0.39 is 37.5 Å². The van der Waals surface area contributed by atoms with Crippen molar-refractivity contribution in [2.45, 2.75) is 29.9 Å². The lowest BCUT2D eigenvalue weighted by Crippen LogP contribution is -2.45. The van der Waals surface area contributed by atoms with E-state index in [9.17, 15) is 22.3 Å². The van der Waals surface area contributed by atoms with Gasteiger partial charge in [-0.1, -0.05) is 5.92 Å². The fourth-order valence-electron chi connectivity index (χ4n) is 2.97. The van der Waals surface area contributed by atoms with Gasteiger partial charge in [0.25, 0.3) is 5.91 Å². The molecule has 1 aromatic rings. The highest BCUT2D eigenvalue weighted by atomic mass is 32.3. The van der Waals surface area contributed by atoms with E-state index in [0.717, 1.165) is 0 Å². The molecule has 27 heavy (non-hydrogen) atoms. The van der Waals surface area contributed by atoms with Gasteiger partial charge in [-0.2, -0.15) is 10.6 Å². The first kappa shape index (κ1) is 21.5. The second-order valence-corrected chi connectivity index (χ2v) is 10.7. The van der Waals surface area contributed by atoms with E-state index in [1.165, 1.54) is 29.7 Å². The molecular weight excluding hydrogens is 394 g/mol. The van der Waals surface area contributed by atoms with Gasteiger partial charge in [-0.3, -0.25) is 19.1 Å². The Balaban J connectivity index is 2.25. The highest BCUT2D eigenvalue weighted by molar-refractivity contribution is 8.24. The largest absolute Gasteiger partial charge is 0.481 e. The molecule has 0 radical (unpaired) electrons. The highest BCUT2D eigenvalue weighted by Gasteiger charge is 2.42. The molecule has 4 N–H and O–H groups in total. The molecular formula is C17H23NO7S2. The first-order chi connectivity index (χ1) is 12.7. The third kappa shape index (κ3) is 5.37. The molecule has 8 nitrogen and oxygen atoms in total. The lowest BCUT2D eigenvalue weighted by Gasteiger charge is -2.40. The average Bonchev–Trinajstić information content (AvgIpc) is 2.63. The van der Waals surface area contributed by atoms with Crippen molar-refractivity contribution in [1.82, 2.24) is 5.48 Å². The van der Waals surface area contributed by atoms with Crippen LogP contribution in [-0.4, -0.2) is 52.0 Å². The zero-order chi connectivity index (χ0) is 20.1. The Morgan fingerprint density at radius 2 is 1.89 bits per heavy atom. The molecule has 150 valence electrons. The highest BCUT2D eigenvalue weighted by Crippen LogP contribution is 2.47. The molecule has 0 spiro atoms. The number of sulfone groups is 1. The Kier molecular flexibility index (Phi) is 7.13. The monoisotopic (exact) mass is 417 g/mol. The van der Waals surface area contributed by atoms with Crippen molar-refractivity contribution in [2.75, 3.05) is 18.1 Å². The van der Waals surface area contributed by atoms with Crippen LogP contribution in [-0.2, 0) is 14.6 Å². The third-order valence-electron chi connectivity index (χ3n) is 4.40. The van der Waals surface area contributed by atoms with Crippen LogP contribution in [0, 0.1) is 17.8 Å². The van der Waals surface area contributed by atoms with Crippen LogP contribution >= 0.6 is 10.6 Å². The molecule has 1 heterocycles. The maximum atomic E-state index is 13.0. The van der Waals surface area contributed by atoms with E-state index in [1.807, 2.05) is 0 Å². The summed E-state index contributed by atoms with van der Waals surface area (Å²) in [5.74, 6) is 4.25. The predicted molar refractivity (Wildman–Crippen MR) is 102 cm³/mol. The van der Waals surface area contributed by atoms with Gasteiger partial charge in [0.15, 0.2) is 9.84 Å². The molecule has 1 saturated heterocycles. The normalized spacial score (nSPS) is 19.3. The number of hydrogen-bond donors (Lipinski definition) is 4. The average molecular weight is 418 g/mol. The van der Waals surface area contributed by atoms with E-state index in [2.05, 4.69) is 11.8 Å². The minimum atomic E-state index is -4.10. The SMILES string of the molecule is CC#CCOc1ccc(S(=O)(=O)C(C(=O)NO)C2CCS(O)(O)CC2)cc1. The summed E-state index contributed by atoms with van der Waals surface area (Å²) in [5, 5.41) is 7.51. The summed E-state index contributed by atoms with van der Waals surface area (Å²) in [7, 11) is -6.83. The van der Waals surface area contributed by atoms with Crippen LogP contribution in [0.1, 0.15) is 19.8 Å². The van der Waals surface area contributed by atoms with Gasteiger partial charge < -0.3 is 4.74 Å². The molecule has 1 aliphatic rings. The number of hydroxylamine groups is 1. The van der Waals surface area contributed by atoms with Crippen LogP contribution in [0.3, 0.4) is 0 Å². The van der Waals surface area contributed by atoms with Gasteiger partial charge in [-0.15, -0.1) is 5.92 Å². The summed E-state index contributed by atoms with van der Waals surface area (Å²) in [4.78, 5) is 12.1. The molecule has 1 amide bonds. The molecule has 0 aliphatic carbocycles. The van der Waals surface area contributed by atoms with Gasteiger partial charge >= 0.3 is 0 Å². The summed E-state index contributed by atoms with van der Waals surface area (Å²) in [6.45, 7) is 1.85. The van der Waals surface area contributed by atoms with Crippen molar-refractivity contribution in [3.63, 3.8) is 0 Å². The zero-order valence-corrected chi connectivity index (χ0v) is 16.4. The van der Waals surface area contributed by atoms with Crippen LogP contribution < -0.4 is 10.2 Å². The Labute approximate surface area is 160 Å². The molecule has 1 aliphatic heterocycles. The van der Waals surface area contributed by atoms with E-state index in [1.54, 1.807) is 6.92 Å². The summed E-state index contributed by atoms with van der Waals surface area (Å²) in [5.41, 5.74) is 1.43. The van der Waals surface area contributed by atoms with Gasteiger partial charge in [0.1, 0.15) is 17.6 Å². The summed E-state index contributed by atoms with van der Waals surface area (Å²) in [6, 6.07) is 5.60. The van der Waals surface area contributed by atoms with Crippen molar-refractivity contribution in [3.8, 4) is 17.6 Å². The van der Waals surface area contributed by atoms with E-state index in [-0.39, 0.29) is 35.8 Å². The van der Waals surface area contributed by atoms with E-state index in [0.29, 0.717) is 5.75 Å². The number of ether oxygens (including phenoxy) is 1. The van der Waals surface area contributed by atoms with Crippen molar-refractivity contribution >= 4 is 26.3 Å². The van der Waals surface area contributed by atoms with Crippen LogP contribution in [0.2, 0.25) is 0 Å². The smallest absolute Gasteiger partial charge is 0.262 e. The van der Waals surface area contributed by atoms with Gasteiger partial charge in [0.2, 0.25) is 0 Å². The summed E-state index contributed by atoms with van der Waals surface area (Å²) in [6.07, 6.45) is 0.326. The Bertz CT molecular complexity index is 815. The molecule has 1 fully saturated rings. The molecule has 1 aromatic carbocycles. The second kappa shape index (κ2) is 8.95. The van der Waals surface area contributed by atoms with E-state index in [4.69, 9.17) is 9.94 Å². The van der Waals surface area contributed by atoms with Crippen LogP contribution in [0.25, 0.3) is 0 Å². The quantitative estimate of drug-likeness (QED) is 0.316. The van der Waals surface area contributed by atoms with Crippen LogP contribution in [0.15, 0.2) is 29.2 Å². The van der Waals surface area contributed by atoms with E-state index >= 15 is 0 Å². The molecule has 1 unspecified atom stereocenters. The minimum Gasteiger partial charge on any atom is -0.481 e. The molecule has 0 saturated carbocycles. The summed E-state index contributed by atoms with van der Waals surface area (Å²) >= 11 is 0. The summed E-state index contributed by atoms with van der Waals surface area (Å²) < 4.78 is 50.8. The van der Waals surface area contributed by atoms with Gasteiger partial charge in [0, 0.05) is 11.5 Å². The molecule has 0 aromatic heterocycles. The number of carbonyl (C=O) groups is 1. The number of carbonyl (C=O) groups excluding carboxylic acids is 1. The molecule has 2 rings (SSSR count). The number of benzene rings is 1. The van der Waals surface area contributed by atoms with Crippen LogP contribution in [0.4, 0.5) is 0 Å². The third-order valence-corrected chi connectivity index (χ3v) is 8.38. The first-order valence-electron chi connectivity index (χ1n) is 8.25. The number of amides is 1. The number of nitrogens with one attached hydrogen (secondary N) is 1. The van der Waals surface area contributed by atoms with Gasteiger partial charge in [-0.25, -0.2) is 13.9 Å². The van der Waals surface area contributed by atoms with Crippen LogP contribution in [0.5, 0.6) is 5.75 Å². The fraction of sp³-hybridized carbons (Fsp3) is 0.471. The zero-order valence-electron chi connectivity index (χ0n) is 14.8. The maximum absolute atomic E-state index is 13.0. The van der Waals surface area contributed by atoms with Crippen molar-refractivity contribution in [1.29, 1.82) is 0 Å². The Hall–Kier alpha value is -1.77. The van der Waals surface area contributed by atoms with Crippen molar-refractivity contribution in [2.24, 2.45) is 5.92 Å². The topological polar surface area (TPSA) is 133 Å². The number of rotatable bonds is 6. The molecule has 10 heteroatoms. The Morgan fingerprint density at radius 3 is 2.41 bits per heavy atom. The minimum absolute atomic E-state index is 0.0354. The first-order valence-corrected chi connectivity index (χ1v) is 11.7. The predicted octanol–water partition coefficient (Wildman–Crippen LogP) is 1.90. The lowest BCUT2D eigenvalue weighted by atomic mass is 9.98. The van der Waals surface area contributed by atoms with Gasteiger partial charge in [-0.05, 0) is 49.9 Å². The lowest BCUT2D eigenvalue weighted by molar-refractivity contribution is -0.129.